The van der Waals surface area contributed by atoms with E-state index in [-0.39, 0.29) is 38.5 Å². The minimum Gasteiger partial charge on any atom is -0.463 e. The molecule has 1 aliphatic heterocycles. The van der Waals surface area contributed by atoms with Gasteiger partial charge < -0.3 is 55.9 Å². The summed E-state index contributed by atoms with van der Waals surface area (Å²) >= 11 is 0. The van der Waals surface area contributed by atoms with E-state index in [1.165, 1.54) is 136 Å². The molecule has 0 spiro atoms. The fourth-order valence-electron chi connectivity index (χ4n) is 10.5. The van der Waals surface area contributed by atoms with Crippen LogP contribution in [0.15, 0.2) is 0 Å². The maximum Gasteiger partial charge on any atom is 0.472 e. The van der Waals surface area contributed by atoms with Crippen molar-refractivity contribution in [2.24, 2.45) is 11.5 Å². The van der Waals surface area contributed by atoms with Crippen molar-refractivity contribution in [3.8, 4) is 0 Å². The van der Waals surface area contributed by atoms with Crippen molar-refractivity contribution in [2.45, 2.75) is 302 Å². The number of nitrogens with zero attached hydrogens (tertiary/aromatic N) is 2. The van der Waals surface area contributed by atoms with Crippen molar-refractivity contribution in [3.63, 3.8) is 0 Å². The molecule has 0 aromatic heterocycles. The van der Waals surface area contributed by atoms with Gasteiger partial charge in [-0.2, -0.15) is 0 Å². The number of hydrogen-bond donors (Lipinski definition) is 7. The first-order valence-electron chi connectivity index (χ1n) is 32.2. The fourth-order valence-corrected chi connectivity index (χ4v) is 11.3. The Morgan fingerprint density at radius 1 is 0.663 bits per heavy atom. The van der Waals surface area contributed by atoms with Gasteiger partial charge in [-0.3, -0.25) is 52.6 Å². The van der Waals surface area contributed by atoms with Crippen LogP contribution in [0.4, 0.5) is 0 Å². The van der Waals surface area contributed by atoms with Gasteiger partial charge >= 0.3 is 19.8 Å². The Hall–Kier alpha value is -4.13. The standard InChI is InChI=1S/C61H113N6O18P/c1-8-9-10-11-12-13-14-19-22-25-28-31-34-37-55(73)67(77)41-35-32-29-26-23-20-17-15-16-18-21-24-27-30-33-36-42-81-86(78,79)82-43-40-64-54(72)39-38-52(59(63)74)66(60(75)47(3)62)44-46(2)83-57-56(84-51(7)71)53(45-80-50(6)70)85-61(76,48(4)68)58(57)65-49(5)69/h46-47,52-53,56-58,76-77H,8-45,62H2,1-7H3,(H2,63,74)(H,64,72)(H,65,69)(H,78,79)/t46?,47-,52+,53+,56+,57-,58+,61-/m0/s1. The number of hydroxylamine groups is 2. The van der Waals surface area contributed by atoms with Gasteiger partial charge in [0.2, 0.25) is 35.3 Å². The number of primary amides is 1. The number of phosphoric acid groups is 1. The van der Waals surface area contributed by atoms with E-state index < -0.39 is 111 Å². The van der Waals surface area contributed by atoms with Crippen molar-refractivity contribution in [2.75, 3.05) is 39.5 Å². The molecular weight excluding hydrogens is 1140 g/mol. The molecule has 24 nitrogen and oxygen atoms in total. The first-order valence-corrected chi connectivity index (χ1v) is 33.7. The SMILES string of the molecule is CCCCCCCCCCCCCCCC(=O)N(O)CCCCCCCCCCCCCCCCCCOP(=O)(O)OCCNC(=O)CC[C@H](C(N)=O)N(CC(C)O[C@H]1[C@H](OC(C)=O)[C@@H](COC(C)=O)O[C@@](O)(C(C)=O)[C@@H]1NC(C)=O)C(=O)[C@H](C)N. The summed E-state index contributed by atoms with van der Waals surface area (Å²) in [6, 6.07) is -4.37. The molecule has 9 N–H and O–H groups in total. The van der Waals surface area contributed by atoms with E-state index in [4.69, 9.17) is 39.5 Å². The summed E-state index contributed by atoms with van der Waals surface area (Å²) in [7, 11) is -4.41. The van der Waals surface area contributed by atoms with Gasteiger partial charge in [-0.15, -0.1) is 0 Å². The van der Waals surface area contributed by atoms with Crippen LogP contribution in [0.3, 0.4) is 0 Å². The van der Waals surface area contributed by atoms with Crippen LogP contribution in [0.5, 0.6) is 0 Å². The lowest BCUT2D eigenvalue weighted by molar-refractivity contribution is -0.312. The lowest BCUT2D eigenvalue weighted by atomic mass is 9.87. The minimum absolute atomic E-state index is 0.0196. The van der Waals surface area contributed by atoms with Crippen LogP contribution in [0.1, 0.15) is 254 Å². The summed E-state index contributed by atoms with van der Waals surface area (Å²) in [5.74, 6) is -8.77. The van der Waals surface area contributed by atoms with Crippen LogP contribution in [-0.4, -0.2) is 160 Å². The zero-order valence-corrected chi connectivity index (χ0v) is 54.3. The molecule has 5 amide bonds. The van der Waals surface area contributed by atoms with Crippen molar-refractivity contribution < 1.29 is 86.1 Å². The second kappa shape index (κ2) is 46.9. The number of esters is 2. The topological polar surface area (TPSA) is 352 Å². The molecule has 0 aliphatic carbocycles. The first-order chi connectivity index (χ1) is 40.9. The Kier molecular flexibility index (Phi) is 43.6. The highest BCUT2D eigenvalue weighted by atomic mass is 31.2. The van der Waals surface area contributed by atoms with E-state index >= 15 is 0 Å². The molecule has 9 atom stereocenters. The monoisotopic (exact) mass is 1250 g/mol. The molecule has 0 saturated carbocycles. The lowest BCUT2D eigenvalue weighted by Crippen LogP contribution is -2.74. The van der Waals surface area contributed by atoms with E-state index in [0.717, 1.165) is 95.4 Å². The predicted molar refractivity (Wildman–Crippen MR) is 325 cm³/mol. The average molecular weight is 1250 g/mol. The van der Waals surface area contributed by atoms with Gasteiger partial charge in [-0.1, -0.05) is 174 Å². The Labute approximate surface area is 513 Å². The van der Waals surface area contributed by atoms with Gasteiger partial charge in [0.25, 0.3) is 0 Å². The highest BCUT2D eigenvalue weighted by Gasteiger charge is 2.60. The molecule has 1 aliphatic rings. The van der Waals surface area contributed by atoms with Crippen LogP contribution in [0, 0.1) is 0 Å². The second-order valence-corrected chi connectivity index (χ2v) is 24.7. The number of ketones is 1. The molecule has 0 aromatic rings. The molecule has 1 fully saturated rings. The molecule has 86 heavy (non-hydrogen) atoms. The number of carbonyl (C=O) groups excluding carboxylic acids is 8. The summed E-state index contributed by atoms with van der Waals surface area (Å²) in [5.41, 5.74) is 11.7. The Morgan fingerprint density at radius 2 is 1.14 bits per heavy atom. The Morgan fingerprint density at radius 3 is 1.59 bits per heavy atom. The van der Waals surface area contributed by atoms with Gasteiger partial charge in [0.1, 0.15) is 30.9 Å². The number of amides is 5. The quantitative estimate of drug-likeness (QED) is 0.00987. The number of rotatable bonds is 53. The fraction of sp³-hybridized carbons (Fsp3) is 0.869. The van der Waals surface area contributed by atoms with Crippen molar-refractivity contribution in [1.82, 2.24) is 20.6 Å². The van der Waals surface area contributed by atoms with Crippen molar-refractivity contribution in [1.29, 1.82) is 0 Å². The van der Waals surface area contributed by atoms with E-state index in [9.17, 15) is 58.1 Å². The molecule has 1 rings (SSSR count). The van der Waals surface area contributed by atoms with Crippen LogP contribution < -0.4 is 22.1 Å². The number of aliphatic hydroxyl groups is 1. The summed E-state index contributed by atoms with van der Waals surface area (Å²) < 4.78 is 45.1. The van der Waals surface area contributed by atoms with E-state index in [1.807, 2.05) is 0 Å². The van der Waals surface area contributed by atoms with Crippen molar-refractivity contribution in [3.05, 3.63) is 0 Å². The number of nitrogens with one attached hydrogen (secondary N) is 2. The summed E-state index contributed by atoms with van der Waals surface area (Å²) in [4.78, 5) is 112. The zero-order chi connectivity index (χ0) is 64.3. The van der Waals surface area contributed by atoms with Crippen LogP contribution in [0.2, 0.25) is 0 Å². The predicted octanol–water partition coefficient (Wildman–Crippen LogP) is 8.44. The third-order valence-corrected chi connectivity index (χ3v) is 16.2. The van der Waals surface area contributed by atoms with Gasteiger partial charge in [-0.05, 0) is 39.5 Å². The van der Waals surface area contributed by atoms with Gasteiger partial charge in [-0.25, -0.2) is 9.63 Å². The van der Waals surface area contributed by atoms with Gasteiger partial charge in [0.05, 0.1) is 25.4 Å². The number of carbonyl (C=O) groups is 8. The summed E-state index contributed by atoms with van der Waals surface area (Å²) in [6.07, 6.45) is 27.6. The van der Waals surface area contributed by atoms with Crippen molar-refractivity contribution >= 4 is 55.1 Å². The molecular formula is C61H113N6O18P. The van der Waals surface area contributed by atoms with Crippen LogP contribution in [-0.2, 0) is 70.9 Å². The maximum atomic E-state index is 13.6. The molecule has 2 unspecified atom stereocenters. The molecule has 1 saturated heterocycles. The van der Waals surface area contributed by atoms with Crippen LogP contribution in [0.25, 0.3) is 0 Å². The molecule has 25 heteroatoms. The average Bonchev–Trinajstić information content (AvgIpc) is 1.11. The normalized spacial score (nSPS) is 19.3. The number of phosphoric ester groups is 1. The molecule has 0 aromatic carbocycles. The van der Waals surface area contributed by atoms with E-state index in [0.29, 0.717) is 19.4 Å². The smallest absolute Gasteiger partial charge is 0.463 e. The van der Waals surface area contributed by atoms with E-state index in [1.54, 1.807) is 0 Å². The van der Waals surface area contributed by atoms with E-state index in [2.05, 4.69) is 17.6 Å². The summed E-state index contributed by atoms with van der Waals surface area (Å²) in [5, 5.41) is 27.6. The van der Waals surface area contributed by atoms with Crippen LogP contribution >= 0.6 is 7.82 Å². The highest BCUT2D eigenvalue weighted by molar-refractivity contribution is 7.47. The maximum absolute atomic E-state index is 13.6. The third kappa shape index (κ3) is 36.4. The minimum atomic E-state index is -4.41. The largest absolute Gasteiger partial charge is 0.472 e. The highest BCUT2D eigenvalue weighted by Crippen LogP contribution is 2.43. The Bertz CT molecular complexity index is 2010. The number of nitrogens with two attached hydrogens (primary N) is 2. The zero-order valence-electron chi connectivity index (χ0n) is 53.4. The Balaban J connectivity index is 2.34. The third-order valence-electron chi connectivity index (χ3n) is 15.2. The van der Waals surface area contributed by atoms with Gasteiger partial charge in [0.15, 0.2) is 11.9 Å². The van der Waals surface area contributed by atoms with Gasteiger partial charge in [0, 0.05) is 60.2 Å². The lowest BCUT2D eigenvalue weighted by Gasteiger charge is -2.49. The molecule has 0 bridgehead atoms. The number of hydrogen-bond acceptors (Lipinski definition) is 18. The molecule has 500 valence electrons. The molecule has 1 heterocycles. The number of ether oxygens (including phenoxy) is 4. The summed E-state index contributed by atoms with van der Waals surface area (Å²) in [6.45, 7) is 7.99. The first kappa shape index (κ1) is 79.9. The second-order valence-electron chi connectivity index (χ2n) is 23.3. The molecule has 0 radical (unpaired) electrons. The number of unbranched alkanes of at least 4 members (excludes halogenated alkanes) is 27. The number of Topliss-reactive ketones (excluding diaryl/α,β-unsaturated/α-hetero) is 1.